The monoisotopic (exact) mass is 207 g/mol. The van der Waals surface area contributed by atoms with Crippen LogP contribution >= 0.6 is 0 Å². The van der Waals surface area contributed by atoms with E-state index in [9.17, 15) is 0 Å². The fourth-order valence-electron chi connectivity index (χ4n) is 1.65. The third kappa shape index (κ3) is 2.39. The maximum Gasteiger partial charge on any atom is 0.130 e. The number of aromatic nitrogens is 1. The first-order valence-electron chi connectivity index (χ1n) is 5.23. The van der Waals surface area contributed by atoms with Crippen molar-refractivity contribution in [2.24, 2.45) is 0 Å². The van der Waals surface area contributed by atoms with Gasteiger partial charge in [-0.15, -0.1) is 0 Å². The summed E-state index contributed by atoms with van der Waals surface area (Å²) in [6, 6.07) is 4.13. The van der Waals surface area contributed by atoms with E-state index < -0.39 is 0 Å². The second-order valence-corrected chi connectivity index (χ2v) is 3.87. The Morgan fingerprint density at radius 2 is 2.07 bits per heavy atom. The smallest absolute Gasteiger partial charge is 0.130 e. The Kier molecular flexibility index (Phi) is 3.06. The quantitative estimate of drug-likeness (QED) is 0.723. The lowest BCUT2D eigenvalue weighted by Gasteiger charge is -2.28. The Morgan fingerprint density at radius 1 is 1.33 bits per heavy atom. The number of hydrogen-bond donors (Lipinski definition) is 0. The van der Waals surface area contributed by atoms with Gasteiger partial charge in [0, 0.05) is 45.1 Å². The molecule has 4 nitrogen and oxygen atoms in total. The molecule has 1 fully saturated rings. The van der Waals surface area contributed by atoms with Crippen LogP contribution < -0.4 is 9.80 Å². The van der Waals surface area contributed by atoms with E-state index in [1.165, 1.54) is 5.69 Å². The molecule has 82 valence electrons. The molecule has 0 unspecified atom stereocenters. The highest BCUT2D eigenvalue weighted by atomic mass is 16.5. The molecule has 2 rings (SSSR count). The van der Waals surface area contributed by atoms with Gasteiger partial charge in [0.05, 0.1) is 13.2 Å². The maximum absolute atomic E-state index is 5.32. The molecule has 1 aliphatic rings. The summed E-state index contributed by atoms with van der Waals surface area (Å²) in [6.45, 7) is 3.47. The molecule has 15 heavy (non-hydrogen) atoms. The van der Waals surface area contributed by atoms with Crippen molar-refractivity contribution in [2.75, 3.05) is 50.2 Å². The first kappa shape index (κ1) is 10.2. The van der Waals surface area contributed by atoms with Crippen molar-refractivity contribution < 1.29 is 4.74 Å². The van der Waals surface area contributed by atoms with Crippen molar-refractivity contribution in [1.82, 2.24) is 4.98 Å². The van der Waals surface area contributed by atoms with Crippen LogP contribution in [0.1, 0.15) is 0 Å². The van der Waals surface area contributed by atoms with Gasteiger partial charge in [-0.05, 0) is 6.07 Å². The summed E-state index contributed by atoms with van der Waals surface area (Å²) < 4.78 is 5.32. The molecular formula is C11H17N3O. The third-order valence-corrected chi connectivity index (χ3v) is 2.58. The number of ether oxygens (including phenoxy) is 1. The van der Waals surface area contributed by atoms with E-state index in [2.05, 4.69) is 20.9 Å². The zero-order valence-electron chi connectivity index (χ0n) is 9.31. The number of morpholine rings is 1. The number of hydrogen-bond acceptors (Lipinski definition) is 4. The number of anilines is 2. The molecule has 2 heterocycles. The highest BCUT2D eigenvalue weighted by Gasteiger charge is 2.12. The van der Waals surface area contributed by atoms with E-state index in [1.807, 2.05) is 26.4 Å². The molecule has 1 aliphatic heterocycles. The van der Waals surface area contributed by atoms with Crippen LogP contribution in [0.4, 0.5) is 11.5 Å². The minimum atomic E-state index is 0.799. The second kappa shape index (κ2) is 4.49. The Bertz CT molecular complexity index is 321. The van der Waals surface area contributed by atoms with Gasteiger partial charge in [-0.3, -0.25) is 0 Å². The highest BCUT2D eigenvalue weighted by Crippen LogP contribution is 2.18. The molecule has 0 amide bonds. The number of nitrogens with zero attached hydrogens (tertiary/aromatic N) is 3. The standard InChI is InChI=1S/C11H17N3O/c1-13(2)10-3-4-12-11(9-10)14-5-7-15-8-6-14/h3-4,9H,5-8H2,1-2H3. The van der Waals surface area contributed by atoms with E-state index in [0.29, 0.717) is 0 Å². The van der Waals surface area contributed by atoms with Gasteiger partial charge >= 0.3 is 0 Å². The number of rotatable bonds is 2. The van der Waals surface area contributed by atoms with Crippen molar-refractivity contribution >= 4 is 11.5 Å². The average molecular weight is 207 g/mol. The van der Waals surface area contributed by atoms with Gasteiger partial charge in [0.15, 0.2) is 0 Å². The maximum atomic E-state index is 5.32. The second-order valence-electron chi connectivity index (χ2n) is 3.87. The third-order valence-electron chi connectivity index (χ3n) is 2.58. The van der Waals surface area contributed by atoms with Crippen LogP contribution in [0.5, 0.6) is 0 Å². The van der Waals surface area contributed by atoms with E-state index in [-0.39, 0.29) is 0 Å². The van der Waals surface area contributed by atoms with Crippen molar-refractivity contribution in [3.8, 4) is 0 Å². The number of pyridine rings is 1. The molecular weight excluding hydrogens is 190 g/mol. The molecule has 1 aromatic rings. The summed E-state index contributed by atoms with van der Waals surface area (Å²) in [5, 5.41) is 0. The van der Waals surface area contributed by atoms with Crippen LogP contribution in [0.25, 0.3) is 0 Å². The zero-order valence-corrected chi connectivity index (χ0v) is 9.31. The lowest BCUT2D eigenvalue weighted by molar-refractivity contribution is 0.122. The van der Waals surface area contributed by atoms with Crippen LogP contribution in [0, 0.1) is 0 Å². The molecule has 1 saturated heterocycles. The molecule has 0 aliphatic carbocycles. The molecule has 1 aromatic heterocycles. The Labute approximate surface area is 90.5 Å². The van der Waals surface area contributed by atoms with Crippen molar-refractivity contribution in [3.63, 3.8) is 0 Å². The van der Waals surface area contributed by atoms with Crippen LogP contribution in [0.3, 0.4) is 0 Å². The summed E-state index contributed by atoms with van der Waals surface area (Å²) in [5.74, 6) is 1.05. The summed E-state index contributed by atoms with van der Waals surface area (Å²) in [7, 11) is 4.08. The van der Waals surface area contributed by atoms with E-state index in [1.54, 1.807) is 0 Å². The molecule has 0 aromatic carbocycles. The average Bonchev–Trinajstić information content (AvgIpc) is 2.30. The molecule has 0 radical (unpaired) electrons. The van der Waals surface area contributed by atoms with Gasteiger partial charge in [0.2, 0.25) is 0 Å². The minimum absolute atomic E-state index is 0.799. The van der Waals surface area contributed by atoms with Crippen molar-refractivity contribution in [3.05, 3.63) is 18.3 Å². The Hall–Kier alpha value is -1.29. The normalized spacial score (nSPS) is 16.5. The van der Waals surface area contributed by atoms with Crippen LogP contribution in [-0.4, -0.2) is 45.4 Å². The van der Waals surface area contributed by atoms with E-state index >= 15 is 0 Å². The summed E-state index contributed by atoms with van der Waals surface area (Å²) >= 11 is 0. The first-order valence-corrected chi connectivity index (χ1v) is 5.23. The molecule has 0 bridgehead atoms. The molecule has 4 heteroatoms. The predicted octanol–water partition coefficient (Wildman–Crippen LogP) is 0.984. The summed E-state index contributed by atoms with van der Waals surface area (Å²) in [5.41, 5.74) is 1.19. The van der Waals surface area contributed by atoms with Crippen molar-refractivity contribution in [1.29, 1.82) is 0 Å². The lowest BCUT2D eigenvalue weighted by Crippen LogP contribution is -2.36. The van der Waals surface area contributed by atoms with Crippen LogP contribution in [-0.2, 0) is 4.74 Å². The van der Waals surface area contributed by atoms with Gasteiger partial charge in [-0.2, -0.15) is 0 Å². The topological polar surface area (TPSA) is 28.6 Å². The largest absolute Gasteiger partial charge is 0.378 e. The fraction of sp³-hybridized carbons (Fsp3) is 0.545. The van der Waals surface area contributed by atoms with Gasteiger partial charge in [0.25, 0.3) is 0 Å². The first-order chi connectivity index (χ1) is 7.27. The van der Waals surface area contributed by atoms with Gasteiger partial charge < -0.3 is 14.5 Å². The van der Waals surface area contributed by atoms with Crippen molar-refractivity contribution in [2.45, 2.75) is 0 Å². The predicted molar refractivity (Wildman–Crippen MR) is 61.6 cm³/mol. The summed E-state index contributed by atoms with van der Waals surface area (Å²) in [4.78, 5) is 8.74. The Balaban J connectivity index is 2.16. The van der Waals surface area contributed by atoms with E-state index in [0.717, 1.165) is 32.1 Å². The summed E-state index contributed by atoms with van der Waals surface area (Å²) in [6.07, 6.45) is 1.86. The van der Waals surface area contributed by atoms with Crippen LogP contribution in [0.15, 0.2) is 18.3 Å². The highest BCUT2D eigenvalue weighted by molar-refractivity contribution is 5.54. The Morgan fingerprint density at radius 3 is 2.73 bits per heavy atom. The van der Waals surface area contributed by atoms with Gasteiger partial charge in [-0.25, -0.2) is 4.98 Å². The SMILES string of the molecule is CN(C)c1ccnc(N2CCOCC2)c1. The van der Waals surface area contributed by atoms with Gasteiger partial charge in [-0.1, -0.05) is 0 Å². The fourth-order valence-corrected chi connectivity index (χ4v) is 1.65. The lowest BCUT2D eigenvalue weighted by atomic mass is 10.3. The minimum Gasteiger partial charge on any atom is -0.378 e. The van der Waals surface area contributed by atoms with E-state index in [4.69, 9.17) is 4.74 Å². The molecule has 0 saturated carbocycles. The van der Waals surface area contributed by atoms with Crippen LogP contribution in [0.2, 0.25) is 0 Å². The molecule has 0 spiro atoms. The van der Waals surface area contributed by atoms with Gasteiger partial charge in [0.1, 0.15) is 5.82 Å². The molecule has 0 N–H and O–H groups in total. The molecule has 0 atom stereocenters. The zero-order chi connectivity index (χ0) is 10.7.